The molecule has 0 unspecified atom stereocenters. The average Bonchev–Trinajstić information content (AvgIpc) is 2.91. The first kappa shape index (κ1) is 14.0. The molecule has 0 aliphatic heterocycles. The minimum atomic E-state index is 0.286. The summed E-state index contributed by atoms with van der Waals surface area (Å²) < 4.78 is 0. The zero-order valence-electron chi connectivity index (χ0n) is 12.6. The van der Waals surface area contributed by atoms with Gasteiger partial charge in [-0.1, -0.05) is 36.8 Å². The Bertz CT molecular complexity index is 647. The number of hydrogen-bond donors (Lipinski definition) is 1. The molecular formula is C18H21N3. The zero-order valence-corrected chi connectivity index (χ0v) is 12.6. The molecule has 21 heavy (non-hydrogen) atoms. The van der Waals surface area contributed by atoms with Gasteiger partial charge in [0.2, 0.25) is 0 Å². The van der Waals surface area contributed by atoms with E-state index in [0.29, 0.717) is 0 Å². The van der Waals surface area contributed by atoms with Gasteiger partial charge in [0.1, 0.15) is 0 Å². The van der Waals surface area contributed by atoms with E-state index in [9.17, 15) is 0 Å². The van der Waals surface area contributed by atoms with E-state index in [1.54, 1.807) is 12.4 Å². The largest absolute Gasteiger partial charge is 0.319 e. The molecule has 2 aromatic rings. The van der Waals surface area contributed by atoms with Crippen molar-refractivity contribution < 1.29 is 0 Å². The molecule has 0 amide bonds. The van der Waals surface area contributed by atoms with Crippen LogP contribution in [-0.4, -0.2) is 23.6 Å². The monoisotopic (exact) mass is 279 g/mol. The molecule has 1 N–H and O–H groups in total. The van der Waals surface area contributed by atoms with Crippen LogP contribution in [-0.2, 0) is 6.42 Å². The van der Waals surface area contributed by atoms with Crippen molar-refractivity contribution in [1.82, 2.24) is 15.3 Å². The van der Waals surface area contributed by atoms with Crippen LogP contribution in [0.25, 0.3) is 5.57 Å². The number of nitrogens with zero attached hydrogens (tertiary/aromatic N) is 2. The summed E-state index contributed by atoms with van der Waals surface area (Å²) in [4.78, 5) is 8.72. The van der Waals surface area contributed by atoms with Gasteiger partial charge in [0.25, 0.3) is 0 Å². The summed E-state index contributed by atoms with van der Waals surface area (Å²) in [6.07, 6.45) is 7.55. The molecule has 1 aliphatic rings. The number of aromatic nitrogens is 2. The molecule has 3 heteroatoms. The van der Waals surface area contributed by atoms with E-state index in [0.717, 1.165) is 25.1 Å². The molecule has 0 radical (unpaired) electrons. The van der Waals surface area contributed by atoms with Gasteiger partial charge in [-0.2, -0.15) is 0 Å². The number of allylic oxidation sites excluding steroid dienone is 1. The van der Waals surface area contributed by atoms with Crippen LogP contribution < -0.4 is 5.32 Å². The fourth-order valence-corrected chi connectivity index (χ4v) is 3.17. The summed E-state index contributed by atoms with van der Waals surface area (Å²) in [7, 11) is 2.01. The van der Waals surface area contributed by atoms with Crippen LogP contribution in [0.1, 0.15) is 36.1 Å². The van der Waals surface area contributed by atoms with Gasteiger partial charge >= 0.3 is 0 Å². The van der Waals surface area contributed by atoms with Crippen molar-refractivity contribution in [2.24, 2.45) is 0 Å². The second-order valence-electron chi connectivity index (χ2n) is 5.56. The van der Waals surface area contributed by atoms with Gasteiger partial charge in [0.05, 0.1) is 5.69 Å². The van der Waals surface area contributed by atoms with Crippen molar-refractivity contribution >= 4 is 5.57 Å². The highest BCUT2D eigenvalue weighted by Crippen LogP contribution is 2.42. The second kappa shape index (κ2) is 6.19. The summed E-state index contributed by atoms with van der Waals surface area (Å²) in [5, 5.41) is 3.26. The third-order valence-electron chi connectivity index (χ3n) is 4.23. The molecule has 0 saturated heterocycles. The van der Waals surface area contributed by atoms with Crippen LogP contribution in [0.2, 0.25) is 0 Å². The molecule has 3 nitrogen and oxygen atoms in total. The maximum atomic E-state index is 4.50. The zero-order chi connectivity index (χ0) is 14.7. The number of nitrogens with one attached hydrogen (secondary N) is 1. The van der Waals surface area contributed by atoms with Gasteiger partial charge in [0, 0.05) is 24.5 Å². The minimum absolute atomic E-state index is 0.286. The lowest BCUT2D eigenvalue weighted by Gasteiger charge is -2.16. The van der Waals surface area contributed by atoms with E-state index < -0.39 is 0 Å². The normalized spacial score (nSPS) is 15.1. The fraction of sp³-hybridized carbons (Fsp3) is 0.333. The predicted molar refractivity (Wildman–Crippen MR) is 86.1 cm³/mol. The van der Waals surface area contributed by atoms with Crippen LogP contribution in [0.3, 0.4) is 0 Å². The first-order chi connectivity index (χ1) is 10.3. The van der Waals surface area contributed by atoms with Crippen molar-refractivity contribution in [3.63, 3.8) is 0 Å². The van der Waals surface area contributed by atoms with Gasteiger partial charge in [-0.25, -0.2) is 0 Å². The highest BCUT2D eigenvalue weighted by Gasteiger charge is 2.26. The van der Waals surface area contributed by atoms with Crippen molar-refractivity contribution in [3.05, 3.63) is 65.2 Å². The Balaban J connectivity index is 2.01. The Morgan fingerprint density at radius 2 is 2.10 bits per heavy atom. The van der Waals surface area contributed by atoms with Crippen LogP contribution >= 0.6 is 0 Å². The molecule has 1 atom stereocenters. The Hall–Kier alpha value is -2.00. The number of rotatable bonds is 5. The fourth-order valence-electron chi connectivity index (χ4n) is 3.17. The van der Waals surface area contributed by atoms with Gasteiger partial charge in [-0.05, 0) is 43.1 Å². The summed E-state index contributed by atoms with van der Waals surface area (Å²) in [6.45, 7) is 3.25. The van der Waals surface area contributed by atoms with Crippen molar-refractivity contribution in [2.45, 2.75) is 25.7 Å². The van der Waals surface area contributed by atoms with Crippen LogP contribution in [0.5, 0.6) is 0 Å². The van der Waals surface area contributed by atoms with E-state index in [1.807, 2.05) is 13.2 Å². The second-order valence-corrected chi connectivity index (χ2v) is 5.56. The predicted octanol–water partition coefficient (Wildman–Crippen LogP) is 3.20. The third-order valence-corrected chi connectivity index (χ3v) is 4.23. The van der Waals surface area contributed by atoms with Gasteiger partial charge in [-0.15, -0.1) is 0 Å². The van der Waals surface area contributed by atoms with Crippen LogP contribution in [0, 0.1) is 0 Å². The highest BCUT2D eigenvalue weighted by atomic mass is 14.8. The molecular weight excluding hydrogens is 258 g/mol. The quantitative estimate of drug-likeness (QED) is 0.913. The number of hydrogen-bond acceptors (Lipinski definition) is 3. The van der Waals surface area contributed by atoms with Crippen LogP contribution in [0.15, 0.2) is 48.4 Å². The van der Waals surface area contributed by atoms with E-state index in [-0.39, 0.29) is 5.92 Å². The Morgan fingerprint density at radius 1 is 1.24 bits per heavy atom. The molecule has 1 aromatic heterocycles. The lowest BCUT2D eigenvalue weighted by atomic mass is 9.90. The molecule has 0 fully saturated rings. The van der Waals surface area contributed by atoms with E-state index in [2.05, 4.69) is 46.5 Å². The summed E-state index contributed by atoms with van der Waals surface area (Å²) in [5.74, 6) is 0.286. The van der Waals surface area contributed by atoms with E-state index >= 15 is 0 Å². The molecule has 0 bridgehead atoms. The molecule has 1 aliphatic carbocycles. The molecule has 1 aromatic carbocycles. The molecule has 3 rings (SSSR count). The van der Waals surface area contributed by atoms with Crippen molar-refractivity contribution in [2.75, 3.05) is 13.6 Å². The standard InChI is InChI=1S/C18H21N3/c1-13(17-12-20-9-10-21-17)18-15(7-8-19-2)11-14-5-3-4-6-16(14)18/h3-6,9-10,12-13,19H,7-8,11H2,1-2H3/t13-/m1/s1. The molecule has 108 valence electrons. The number of benzene rings is 1. The smallest absolute Gasteiger partial charge is 0.0658 e. The Morgan fingerprint density at radius 3 is 2.86 bits per heavy atom. The van der Waals surface area contributed by atoms with E-state index in [4.69, 9.17) is 0 Å². The lowest BCUT2D eigenvalue weighted by Crippen LogP contribution is -2.09. The average molecular weight is 279 g/mol. The molecule has 1 heterocycles. The van der Waals surface area contributed by atoms with Gasteiger partial charge < -0.3 is 5.32 Å². The van der Waals surface area contributed by atoms with Crippen LogP contribution in [0.4, 0.5) is 0 Å². The molecule has 0 saturated carbocycles. The SMILES string of the molecule is CNCCC1=C([C@H](C)c2cnccn2)c2ccccc2C1. The third kappa shape index (κ3) is 2.74. The molecule has 0 spiro atoms. The summed E-state index contributed by atoms with van der Waals surface area (Å²) in [6, 6.07) is 8.74. The first-order valence-electron chi connectivity index (χ1n) is 7.52. The lowest BCUT2D eigenvalue weighted by molar-refractivity contribution is 0.772. The maximum Gasteiger partial charge on any atom is 0.0658 e. The maximum absolute atomic E-state index is 4.50. The minimum Gasteiger partial charge on any atom is -0.319 e. The Kier molecular flexibility index (Phi) is 4.11. The topological polar surface area (TPSA) is 37.8 Å². The van der Waals surface area contributed by atoms with Gasteiger partial charge in [0.15, 0.2) is 0 Å². The van der Waals surface area contributed by atoms with Crippen molar-refractivity contribution in [3.8, 4) is 0 Å². The summed E-state index contributed by atoms with van der Waals surface area (Å²) in [5.41, 5.74) is 6.85. The first-order valence-corrected chi connectivity index (χ1v) is 7.52. The number of fused-ring (bicyclic) bond motifs is 1. The Labute approximate surface area is 126 Å². The van der Waals surface area contributed by atoms with Gasteiger partial charge in [-0.3, -0.25) is 9.97 Å². The van der Waals surface area contributed by atoms with Crippen molar-refractivity contribution in [1.29, 1.82) is 0 Å². The highest BCUT2D eigenvalue weighted by molar-refractivity contribution is 5.80. The summed E-state index contributed by atoms with van der Waals surface area (Å²) >= 11 is 0. The van der Waals surface area contributed by atoms with E-state index in [1.165, 1.54) is 22.3 Å².